The lowest BCUT2D eigenvalue weighted by molar-refractivity contribution is -0.138. The van der Waals surface area contributed by atoms with Crippen molar-refractivity contribution in [3.8, 4) is 0 Å². The highest BCUT2D eigenvalue weighted by Crippen LogP contribution is 2.52. The number of aliphatic hydroxyl groups excluding tert-OH is 1. The Balaban J connectivity index is 2.24. The molecular formula is C8H12F2O. The molecule has 2 rings (SSSR count). The molecule has 1 nitrogen and oxygen atoms in total. The van der Waals surface area contributed by atoms with E-state index in [0.29, 0.717) is 25.7 Å². The van der Waals surface area contributed by atoms with E-state index in [0.717, 1.165) is 0 Å². The summed E-state index contributed by atoms with van der Waals surface area (Å²) in [7, 11) is 0. The maximum Gasteiger partial charge on any atom is 0.256 e. The van der Waals surface area contributed by atoms with Gasteiger partial charge in [-0.05, 0) is 25.7 Å². The minimum absolute atomic E-state index is 0.434. The average molecular weight is 162 g/mol. The van der Waals surface area contributed by atoms with Crippen LogP contribution in [0.1, 0.15) is 25.7 Å². The molecule has 2 fully saturated rings. The van der Waals surface area contributed by atoms with E-state index in [2.05, 4.69) is 0 Å². The molecule has 3 heteroatoms. The second-order valence-electron chi connectivity index (χ2n) is 3.70. The molecule has 64 valence electrons. The zero-order valence-corrected chi connectivity index (χ0v) is 6.26. The first kappa shape index (κ1) is 7.47. The number of rotatable bonds is 0. The van der Waals surface area contributed by atoms with Crippen molar-refractivity contribution in [1.29, 1.82) is 0 Å². The molecule has 0 aromatic rings. The quantitative estimate of drug-likeness (QED) is 0.576. The molecule has 1 N–H and O–H groups in total. The van der Waals surface area contributed by atoms with Gasteiger partial charge in [0.2, 0.25) is 0 Å². The fourth-order valence-corrected chi connectivity index (χ4v) is 2.43. The van der Waals surface area contributed by atoms with Crippen molar-refractivity contribution in [2.24, 2.45) is 11.8 Å². The van der Waals surface area contributed by atoms with Crippen molar-refractivity contribution in [3.63, 3.8) is 0 Å². The first-order chi connectivity index (χ1) is 5.12. The Bertz CT molecular complexity index is 169. The molecule has 11 heavy (non-hydrogen) atoms. The average Bonchev–Trinajstić information content (AvgIpc) is 2.15. The SMILES string of the molecule is OC1CCC2CCC1C2(F)F. The molecule has 0 heterocycles. The van der Waals surface area contributed by atoms with E-state index >= 15 is 0 Å². The number of hydrogen-bond donors (Lipinski definition) is 1. The van der Waals surface area contributed by atoms with E-state index in [4.69, 9.17) is 0 Å². The largest absolute Gasteiger partial charge is 0.393 e. The van der Waals surface area contributed by atoms with Crippen molar-refractivity contribution in [2.75, 3.05) is 0 Å². The van der Waals surface area contributed by atoms with Crippen LogP contribution in [-0.4, -0.2) is 17.1 Å². The molecule has 0 spiro atoms. The van der Waals surface area contributed by atoms with Gasteiger partial charge < -0.3 is 5.11 Å². The Kier molecular flexibility index (Phi) is 1.46. The van der Waals surface area contributed by atoms with Crippen LogP contribution in [0.4, 0.5) is 8.78 Å². The van der Waals surface area contributed by atoms with E-state index in [-0.39, 0.29) is 0 Å². The molecule has 2 aliphatic rings. The second-order valence-corrected chi connectivity index (χ2v) is 3.70. The molecule has 3 unspecified atom stereocenters. The maximum atomic E-state index is 13.1. The van der Waals surface area contributed by atoms with E-state index in [1.165, 1.54) is 0 Å². The first-order valence-corrected chi connectivity index (χ1v) is 4.18. The zero-order valence-electron chi connectivity index (χ0n) is 6.26. The molecule has 0 amide bonds. The summed E-state index contributed by atoms with van der Waals surface area (Å²) in [4.78, 5) is 0. The van der Waals surface area contributed by atoms with Gasteiger partial charge in [0.25, 0.3) is 5.92 Å². The summed E-state index contributed by atoms with van der Waals surface area (Å²) >= 11 is 0. The first-order valence-electron chi connectivity index (χ1n) is 4.18. The van der Waals surface area contributed by atoms with Crippen LogP contribution in [0.2, 0.25) is 0 Å². The molecule has 0 aromatic carbocycles. The highest BCUT2D eigenvalue weighted by Gasteiger charge is 2.57. The molecule has 0 aliphatic heterocycles. The number of hydrogen-bond acceptors (Lipinski definition) is 1. The molecule has 0 aromatic heterocycles. The summed E-state index contributed by atoms with van der Waals surface area (Å²) in [6, 6.07) is 0. The summed E-state index contributed by atoms with van der Waals surface area (Å²) in [6.45, 7) is 0. The Labute approximate surface area is 64.4 Å². The van der Waals surface area contributed by atoms with Crippen LogP contribution in [0, 0.1) is 11.8 Å². The van der Waals surface area contributed by atoms with E-state index in [9.17, 15) is 13.9 Å². The number of alkyl halides is 2. The zero-order chi connectivity index (χ0) is 8.06. The van der Waals surface area contributed by atoms with Gasteiger partial charge in [-0.2, -0.15) is 0 Å². The highest BCUT2D eigenvalue weighted by molar-refractivity contribution is 4.98. The standard InChI is InChI=1S/C8H12F2O/c9-8(10)5-1-3-6(8)7(11)4-2-5/h5-7,11H,1-4H2. The van der Waals surface area contributed by atoms with Crippen molar-refractivity contribution in [3.05, 3.63) is 0 Å². The van der Waals surface area contributed by atoms with Gasteiger partial charge in [0.05, 0.1) is 6.10 Å². The molecule has 3 atom stereocenters. The molecule has 2 saturated carbocycles. The maximum absolute atomic E-state index is 13.1. The molecule has 0 radical (unpaired) electrons. The van der Waals surface area contributed by atoms with Crippen molar-refractivity contribution in [2.45, 2.75) is 37.7 Å². The fourth-order valence-electron chi connectivity index (χ4n) is 2.43. The Morgan fingerprint density at radius 3 is 2.36 bits per heavy atom. The van der Waals surface area contributed by atoms with Gasteiger partial charge in [-0.1, -0.05) is 0 Å². The second kappa shape index (κ2) is 2.16. The number of fused-ring (bicyclic) bond motifs is 2. The third-order valence-electron chi connectivity index (χ3n) is 3.14. The third kappa shape index (κ3) is 0.901. The smallest absolute Gasteiger partial charge is 0.256 e. The molecular weight excluding hydrogens is 150 g/mol. The highest BCUT2D eigenvalue weighted by atomic mass is 19.3. The minimum Gasteiger partial charge on any atom is -0.393 e. The lowest BCUT2D eigenvalue weighted by atomic mass is 9.83. The van der Waals surface area contributed by atoms with Crippen molar-refractivity contribution < 1.29 is 13.9 Å². The summed E-state index contributed by atoms with van der Waals surface area (Å²) in [5.74, 6) is -3.74. The Morgan fingerprint density at radius 2 is 1.73 bits per heavy atom. The van der Waals surface area contributed by atoms with Crippen LogP contribution in [-0.2, 0) is 0 Å². The minimum atomic E-state index is -2.57. The summed E-state index contributed by atoms with van der Waals surface area (Å²) in [5, 5.41) is 9.25. The topological polar surface area (TPSA) is 20.2 Å². The Hall–Kier alpha value is -0.180. The van der Waals surface area contributed by atoms with Crippen LogP contribution in [0.15, 0.2) is 0 Å². The third-order valence-corrected chi connectivity index (χ3v) is 3.14. The normalized spacial score (nSPS) is 47.7. The van der Waals surface area contributed by atoms with Gasteiger partial charge in [0, 0.05) is 11.8 Å². The van der Waals surface area contributed by atoms with E-state index in [1.807, 2.05) is 0 Å². The van der Waals surface area contributed by atoms with E-state index in [1.54, 1.807) is 0 Å². The lowest BCUT2D eigenvalue weighted by Crippen LogP contribution is -2.41. The van der Waals surface area contributed by atoms with E-state index < -0.39 is 23.9 Å². The van der Waals surface area contributed by atoms with Crippen LogP contribution >= 0.6 is 0 Å². The van der Waals surface area contributed by atoms with Crippen LogP contribution < -0.4 is 0 Å². The molecule has 2 bridgehead atoms. The van der Waals surface area contributed by atoms with Crippen LogP contribution in [0.3, 0.4) is 0 Å². The number of halogens is 2. The van der Waals surface area contributed by atoms with Crippen molar-refractivity contribution in [1.82, 2.24) is 0 Å². The fraction of sp³-hybridized carbons (Fsp3) is 1.00. The van der Waals surface area contributed by atoms with Gasteiger partial charge in [-0.15, -0.1) is 0 Å². The van der Waals surface area contributed by atoms with Gasteiger partial charge in [-0.3, -0.25) is 0 Å². The number of aliphatic hydroxyl groups is 1. The predicted molar refractivity (Wildman–Crippen MR) is 36.4 cm³/mol. The monoisotopic (exact) mass is 162 g/mol. The Morgan fingerprint density at radius 1 is 1.09 bits per heavy atom. The van der Waals surface area contributed by atoms with Gasteiger partial charge in [0.15, 0.2) is 0 Å². The van der Waals surface area contributed by atoms with Crippen molar-refractivity contribution >= 4 is 0 Å². The van der Waals surface area contributed by atoms with Gasteiger partial charge in [0.1, 0.15) is 0 Å². The van der Waals surface area contributed by atoms with Gasteiger partial charge in [-0.25, -0.2) is 8.78 Å². The molecule has 2 aliphatic carbocycles. The van der Waals surface area contributed by atoms with Gasteiger partial charge >= 0.3 is 0 Å². The summed E-state index contributed by atoms with van der Waals surface area (Å²) < 4.78 is 26.3. The predicted octanol–water partition coefficient (Wildman–Crippen LogP) is 1.80. The summed E-state index contributed by atoms with van der Waals surface area (Å²) in [5.41, 5.74) is 0. The molecule has 0 saturated heterocycles. The lowest BCUT2D eigenvalue weighted by Gasteiger charge is -2.33. The van der Waals surface area contributed by atoms with Crippen LogP contribution in [0.25, 0.3) is 0 Å². The summed E-state index contributed by atoms with van der Waals surface area (Å²) in [6.07, 6.45) is 1.45. The van der Waals surface area contributed by atoms with Crippen LogP contribution in [0.5, 0.6) is 0 Å².